The highest BCUT2D eigenvalue weighted by Crippen LogP contribution is 2.43. The van der Waals surface area contributed by atoms with Gasteiger partial charge in [0, 0.05) is 18.2 Å². The van der Waals surface area contributed by atoms with Crippen LogP contribution in [-0.2, 0) is 6.42 Å². The van der Waals surface area contributed by atoms with Crippen LogP contribution in [0.25, 0.3) is 0 Å². The maximum atomic E-state index is 5.97. The van der Waals surface area contributed by atoms with E-state index >= 15 is 0 Å². The van der Waals surface area contributed by atoms with Crippen molar-refractivity contribution in [3.05, 3.63) is 39.9 Å². The molecule has 0 saturated carbocycles. The lowest BCUT2D eigenvalue weighted by atomic mass is 10.0. The van der Waals surface area contributed by atoms with Gasteiger partial charge < -0.3 is 9.47 Å². The van der Waals surface area contributed by atoms with Crippen LogP contribution in [0.15, 0.2) is 30.7 Å². The standard InChI is InChI=1S/C14H13IN2O2/c1-14(2)6-9-4-3-5-11(12(9)19-14)18-13-10(15)7-16-8-17-13/h3-5,7-8H,6H2,1-2H3. The lowest BCUT2D eigenvalue weighted by Crippen LogP contribution is -2.24. The molecule has 0 atom stereocenters. The second-order valence-corrected chi connectivity index (χ2v) is 6.22. The van der Waals surface area contributed by atoms with Crippen LogP contribution in [0.4, 0.5) is 0 Å². The molecule has 0 bridgehead atoms. The number of fused-ring (bicyclic) bond motifs is 1. The summed E-state index contributed by atoms with van der Waals surface area (Å²) in [4.78, 5) is 8.09. The average Bonchev–Trinajstić information content (AvgIpc) is 2.67. The van der Waals surface area contributed by atoms with Gasteiger partial charge in [-0.25, -0.2) is 9.97 Å². The third-order valence-corrected chi connectivity index (χ3v) is 3.64. The predicted octanol–water partition coefficient (Wildman–Crippen LogP) is 3.59. The molecule has 2 aromatic rings. The molecule has 0 N–H and O–H groups in total. The van der Waals surface area contributed by atoms with Crippen LogP contribution < -0.4 is 9.47 Å². The molecule has 5 heteroatoms. The molecule has 0 radical (unpaired) electrons. The van der Waals surface area contributed by atoms with Crippen LogP contribution in [0.5, 0.6) is 17.4 Å². The van der Waals surface area contributed by atoms with Gasteiger partial charge in [0.2, 0.25) is 5.88 Å². The van der Waals surface area contributed by atoms with E-state index in [1.165, 1.54) is 11.9 Å². The van der Waals surface area contributed by atoms with Crippen LogP contribution >= 0.6 is 22.6 Å². The Labute approximate surface area is 125 Å². The molecule has 19 heavy (non-hydrogen) atoms. The van der Waals surface area contributed by atoms with Crippen LogP contribution in [0.3, 0.4) is 0 Å². The third kappa shape index (κ3) is 2.51. The fourth-order valence-electron chi connectivity index (χ4n) is 2.15. The van der Waals surface area contributed by atoms with E-state index < -0.39 is 0 Å². The number of rotatable bonds is 2. The smallest absolute Gasteiger partial charge is 0.235 e. The van der Waals surface area contributed by atoms with Crippen molar-refractivity contribution in [2.24, 2.45) is 0 Å². The van der Waals surface area contributed by atoms with Gasteiger partial charge in [0.1, 0.15) is 11.9 Å². The van der Waals surface area contributed by atoms with Crippen molar-refractivity contribution in [2.75, 3.05) is 0 Å². The Bertz CT molecular complexity index is 629. The topological polar surface area (TPSA) is 44.2 Å². The van der Waals surface area contributed by atoms with Crippen molar-refractivity contribution < 1.29 is 9.47 Å². The zero-order valence-corrected chi connectivity index (χ0v) is 12.8. The number of nitrogens with zero attached hydrogens (tertiary/aromatic N) is 2. The summed E-state index contributed by atoms with van der Waals surface area (Å²) >= 11 is 2.15. The summed E-state index contributed by atoms with van der Waals surface area (Å²) in [6, 6.07) is 5.95. The highest BCUT2D eigenvalue weighted by atomic mass is 127. The minimum absolute atomic E-state index is 0.180. The van der Waals surface area contributed by atoms with E-state index in [1.807, 2.05) is 12.1 Å². The molecule has 0 unspecified atom stereocenters. The maximum absolute atomic E-state index is 5.97. The van der Waals surface area contributed by atoms with Crippen LogP contribution in [0, 0.1) is 3.57 Å². The second-order valence-electron chi connectivity index (χ2n) is 5.06. The van der Waals surface area contributed by atoms with E-state index in [0.717, 1.165) is 15.7 Å². The first-order valence-corrected chi connectivity index (χ1v) is 7.07. The molecule has 2 heterocycles. The van der Waals surface area contributed by atoms with E-state index in [0.29, 0.717) is 11.6 Å². The number of aromatic nitrogens is 2. The second kappa shape index (κ2) is 4.63. The van der Waals surface area contributed by atoms with Gasteiger partial charge in [-0.1, -0.05) is 12.1 Å². The molecule has 0 amide bonds. The average molecular weight is 368 g/mol. The number of benzene rings is 1. The zero-order chi connectivity index (χ0) is 13.5. The molecule has 3 rings (SSSR count). The van der Waals surface area contributed by atoms with Gasteiger partial charge in [0.05, 0.1) is 3.57 Å². The summed E-state index contributed by atoms with van der Waals surface area (Å²) in [5.74, 6) is 2.08. The molecule has 4 nitrogen and oxygen atoms in total. The first kappa shape index (κ1) is 12.7. The molecule has 1 aliphatic heterocycles. The van der Waals surface area contributed by atoms with Gasteiger partial charge in [-0.15, -0.1) is 0 Å². The van der Waals surface area contributed by atoms with Gasteiger partial charge in [-0.3, -0.25) is 0 Å². The van der Waals surface area contributed by atoms with E-state index in [1.54, 1.807) is 6.20 Å². The van der Waals surface area contributed by atoms with Crippen molar-refractivity contribution in [3.63, 3.8) is 0 Å². The van der Waals surface area contributed by atoms with Gasteiger partial charge in [0.15, 0.2) is 11.5 Å². The highest BCUT2D eigenvalue weighted by molar-refractivity contribution is 14.1. The van der Waals surface area contributed by atoms with E-state index in [9.17, 15) is 0 Å². The Morgan fingerprint density at radius 2 is 2.21 bits per heavy atom. The fourth-order valence-corrected chi connectivity index (χ4v) is 2.56. The lowest BCUT2D eigenvalue weighted by Gasteiger charge is -2.18. The quantitative estimate of drug-likeness (QED) is 0.760. The highest BCUT2D eigenvalue weighted by Gasteiger charge is 2.32. The van der Waals surface area contributed by atoms with Gasteiger partial charge in [-0.05, 0) is 42.5 Å². The fraction of sp³-hybridized carbons (Fsp3) is 0.286. The number of halogens is 1. The lowest BCUT2D eigenvalue weighted by molar-refractivity contribution is 0.135. The van der Waals surface area contributed by atoms with Crippen LogP contribution in [0.2, 0.25) is 0 Å². The van der Waals surface area contributed by atoms with E-state index in [2.05, 4.69) is 52.5 Å². The summed E-state index contributed by atoms with van der Waals surface area (Å²) in [5, 5.41) is 0. The van der Waals surface area contributed by atoms with Crippen molar-refractivity contribution in [1.29, 1.82) is 0 Å². The predicted molar refractivity (Wildman–Crippen MR) is 79.7 cm³/mol. The van der Waals surface area contributed by atoms with Gasteiger partial charge in [0.25, 0.3) is 0 Å². The number of hydrogen-bond donors (Lipinski definition) is 0. The van der Waals surface area contributed by atoms with Crippen LogP contribution in [0.1, 0.15) is 19.4 Å². The maximum Gasteiger partial charge on any atom is 0.235 e. The first-order valence-electron chi connectivity index (χ1n) is 5.99. The largest absolute Gasteiger partial charge is 0.483 e. The summed E-state index contributed by atoms with van der Waals surface area (Å²) in [6.07, 6.45) is 4.09. The Morgan fingerprint density at radius 1 is 1.37 bits per heavy atom. The molecule has 1 aromatic heterocycles. The van der Waals surface area contributed by atoms with Gasteiger partial charge in [-0.2, -0.15) is 0 Å². The Morgan fingerprint density at radius 3 is 3.00 bits per heavy atom. The van der Waals surface area contributed by atoms with Crippen molar-refractivity contribution in [3.8, 4) is 17.4 Å². The number of hydrogen-bond acceptors (Lipinski definition) is 4. The van der Waals surface area contributed by atoms with Crippen molar-refractivity contribution in [2.45, 2.75) is 25.9 Å². The molecule has 1 aromatic carbocycles. The zero-order valence-electron chi connectivity index (χ0n) is 10.7. The Hall–Kier alpha value is -1.37. The summed E-state index contributed by atoms with van der Waals surface area (Å²) in [6.45, 7) is 4.15. The molecular formula is C14H13IN2O2. The third-order valence-electron chi connectivity index (χ3n) is 2.90. The minimum atomic E-state index is -0.180. The number of para-hydroxylation sites is 1. The molecular weight excluding hydrogens is 355 g/mol. The normalized spacial score (nSPS) is 15.7. The van der Waals surface area contributed by atoms with Crippen molar-refractivity contribution in [1.82, 2.24) is 9.97 Å². The molecule has 0 spiro atoms. The van der Waals surface area contributed by atoms with E-state index in [-0.39, 0.29) is 5.60 Å². The van der Waals surface area contributed by atoms with Crippen LogP contribution in [-0.4, -0.2) is 15.6 Å². The summed E-state index contributed by atoms with van der Waals surface area (Å²) in [5.41, 5.74) is 0.993. The summed E-state index contributed by atoms with van der Waals surface area (Å²) in [7, 11) is 0. The molecule has 0 aliphatic carbocycles. The van der Waals surface area contributed by atoms with E-state index in [4.69, 9.17) is 9.47 Å². The Kier molecular flexibility index (Phi) is 3.08. The molecule has 1 aliphatic rings. The Balaban J connectivity index is 1.96. The van der Waals surface area contributed by atoms with Crippen molar-refractivity contribution >= 4 is 22.6 Å². The van der Waals surface area contributed by atoms with Gasteiger partial charge >= 0.3 is 0 Å². The molecule has 0 saturated heterocycles. The molecule has 98 valence electrons. The number of ether oxygens (including phenoxy) is 2. The first-order chi connectivity index (χ1) is 9.05. The molecule has 0 fully saturated rings. The SMILES string of the molecule is CC1(C)Cc2cccc(Oc3ncncc3I)c2O1. The summed E-state index contributed by atoms with van der Waals surface area (Å²) < 4.78 is 12.7. The minimum Gasteiger partial charge on any atom is -0.483 e. The monoisotopic (exact) mass is 368 g/mol.